The van der Waals surface area contributed by atoms with Crippen molar-refractivity contribution in [3.8, 4) is 29.6 Å². The predicted octanol–water partition coefficient (Wildman–Crippen LogP) is 5.41. The SMILES string of the molecule is C#Cc1c(F)ccc2cccc(-c3ncc4c(N5C[C@H]6CC[C@@H](C5)N6)nc(OC[C@@]56C[C@@H](F)CN5CC(=C)C6C)nc4c3F)c12. The Bertz CT molecular complexity index is 1910. The van der Waals surface area contributed by atoms with E-state index in [4.69, 9.17) is 16.1 Å². The minimum atomic E-state index is -0.960. The van der Waals surface area contributed by atoms with Crippen LogP contribution in [0.1, 0.15) is 31.7 Å². The van der Waals surface area contributed by atoms with Gasteiger partial charge in [0.25, 0.3) is 0 Å². The lowest BCUT2D eigenvalue weighted by atomic mass is 9.83. The third-order valence-electron chi connectivity index (χ3n) is 10.4. The van der Waals surface area contributed by atoms with Crippen LogP contribution >= 0.6 is 0 Å². The largest absolute Gasteiger partial charge is 0.461 e. The molecular formula is C35H33F3N6O. The number of benzene rings is 2. The van der Waals surface area contributed by atoms with E-state index in [0.29, 0.717) is 72.2 Å². The predicted molar refractivity (Wildman–Crippen MR) is 168 cm³/mol. The number of alkyl halides is 1. The van der Waals surface area contributed by atoms with Crippen LogP contribution in [-0.2, 0) is 0 Å². The van der Waals surface area contributed by atoms with Gasteiger partial charge >= 0.3 is 6.01 Å². The van der Waals surface area contributed by atoms with Crippen molar-refractivity contribution in [2.45, 2.75) is 50.0 Å². The molecule has 8 rings (SSSR count). The standard InChI is InChI=1S/C35H33F3N6O/c1-4-25-28(37)11-8-21-6-5-7-26(29(21)25)31-30(38)32-27(13-39-31)33(43-16-23-9-10-24(17-43)40-23)42-34(41-32)45-18-35-12-22(36)15-44(35)14-19(2)20(35)3/h1,5-8,11,13,20,22-24,40H,2,9-10,12,14-18H2,3H3/t20?,22-,23-,24+,35-/m1/s1. The second-order valence-electron chi connectivity index (χ2n) is 13.0. The quantitative estimate of drug-likeness (QED) is 0.240. The molecule has 2 bridgehead atoms. The number of pyridine rings is 1. The maximum absolute atomic E-state index is 16.8. The van der Waals surface area contributed by atoms with E-state index in [1.807, 2.05) is 0 Å². The first-order valence-electron chi connectivity index (χ1n) is 15.5. The molecule has 1 N–H and O–H groups in total. The molecule has 0 aliphatic carbocycles. The lowest BCUT2D eigenvalue weighted by Gasteiger charge is -2.35. The van der Waals surface area contributed by atoms with Crippen LogP contribution in [0.25, 0.3) is 32.9 Å². The number of fused-ring (bicyclic) bond motifs is 5. The lowest BCUT2D eigenvalue weighted by molar-refractivity contribution is 0.0810. The number of ether oxygens (including phenoxy) is 1. The van der Waals surface area contributed by atoms with Gasteiger partial charge in [0, 0.05) is 61.8 Å². The van der Waals surface area contributed by atoms with Gasteiger partial charge in [0.05, 0.1) is 16.5 Å². The third kappa shape index (κ3) is 4.39. The molecule has 0 saturated carbocycles. The highest BCUT2D eigenvalue weighted by molar-refractivity contribution is 6.02. The zero-order valence-corrected chi connectivity index (χ0v) is 25.0. The summed E-state index contributed by atoms with van der Waals surface area (Å²) in [6.45, 7) is 8.78. The third-order valence-corrected chi connectivity index (χ3v) is 10.4. The van der Waals surface area contributed by atoms with E-state index in [0.717, 1.165) is 18.4 Å². The fraction of sp³-hybridized carbons (Fsp3) is 0.400. The van der Waals surface area contributed by atoms with Crippen LogP contribution < -0.4 is 15.0 Å². The van der Waals surface area contributed by atoms with Crippen LogP contribution in [0.2, 0.25) is 0 Å². The average Bonchev–Trinajstić information content (AvgIpc) is 3.62. The minimum absolute atomic E-state index is 0.00716. The Balaban J connectivity index is 1.26. The van der Waals surface area contributed by atoms with Crippen LogP contribution in [0.15, 0.2) is 48.7 Å². The smallest absolute Gasteiger partial charge is 0.319 e. The van der Waals surface area contributed by atoms with Crippen LogP contribution in [0, 0.1) is 29.9 Å². The van der Waals surface area contributed by atoms with Gasteiger partial charge in [-0.2, -0.15) is 9.97 Å². The highest BCUT2D eigenvalue weighted by Gasteiger charge is 2.55. The lowest BCUT2D eigenvalue weighted by Crippen LogP contribution is -2.51. The molecule has 4 aromatic rings. The Morgan fingerprint density at radius 3 is 2.71 bits per heavy atom. The van der Waals surface area contributed by atoms with E-state index < -0.39 is 23.3 Å². The number of rotatable bonds is 5. The Hall–Kier alpha value is -4.20. The summed E-state index contributed by atoms with van der Waals surface area (Å²) in [4.78, 5) is 18.3. The molecule has 0 spiro atoms. The van der Waals surface area contributed by atoms with Gasteiger partial charge in [-0.25, -0.2) is 13.2 Å². The normalized spacial score (nSPS) is 27.8. The van der Waals surface area contributed by atoms with Gasteiger partial charge < -0.3 is 15.0 Å². The molecule has 2 aromatic heterocycles. The van der Waals surface area contributed by atoms with E-state index in [1.165, 1.54) is 6.07 Å². The number of halogens is 3. The summed E-state index contributed by atoms with van der Waals surface area (Å²) in [5, 5.41) is 5.16. The second-order valence-corrected chi connectivity index (χ2v) is 13.0. The molecular weight excluding hydrogens is 577 g/mol. The molecule has 5 atom stereocenters. The first kappa shape index (κ1) is 28.3. The Labute approximate surface area is 259 Å². The monoisotopic (exact) mass is 610 g/mol. The summed E-state index contributed by atoms with van der Waals surface area (Å²) in [5.41, 5.74) is 0.953. The molecule has 1 unspecified atom stereocenters. The summed E-state index contributed by atoms with van der Waals surface area (Å²) in [6.07, 6.45) is 8.77. The van der Waals surface area contributed by atoms with Crippen LogP contribution in [0.4, 0.5) is 19.0 Å². The molecule has 7 nitrogen and oxygen atoms in total. The number of anilines is 1. The number of aromatic nitrogens is 3. The Morgan fingerprint density at radius 1 is 1.13 bits per heavy atom. The van der Waals surface area contributed by atoms with Crippen molar-refractivity contribution in [2.75, 3.05) is 37.7 Å². The van der Waals surface area contributed by atoms with Crippen molar-refractivity contribution in [2.24, 2.45) is 5.92 Å². The molecule has 4 saturated heterocycles. The molecule has 230 valence electrons. The summed E-state index contributed by atoms with van der Waals surface area (Å²) in [5.74, 6) is 1.76. The summed E-state index contributed by atoms with van der Waals surface area (Å²) in [7, 11) is 0. The summed E-state index contributed by atoms with van der Waals surface area (Å²) in [6, 6.07) is 8.81. The van der Waals surface area contributed by atoms with Gasteiger partial charge in [0.1, 0.15) is 35.6 Å². The van der Waals surface area contributed by atoms with Gasteiger partial charge in [-0.3, -0.25) is 9.88 Å². The number of terminal acetylenes is 1. The number of hydrogen-bond donors (Lipinski definition) is 1. The van der Waals surface area contributed by atoms with Gasteiger partial charge in [-0.05, 0) is 30.2 Å². The molecule has 0 radical (unpaired) electrons. The average molecular weight is 611 g/mol. The highest BCUT2D eigenvalue weighted by Crippen LogP contribution is 2.46. The maximum atomic E-state index is 16.8. The Morgan fingerprint density at radius 2 is 1.93 bits per heavy atom. The van der Waals surface area contributed by atoms with E-state index in [9.17, 15) is 8.78 Å². The zero-order valence-electron chi connectivity index (χ0n) is 25.0. The van der Waals surface area contributed by atoms with Crippen molar-refractivity contribution in [3.63, 3.8) is 0 Å². The maximum Gasteiger partial charge on any atom is 0.319 e. The summed E-state index contributed by atoms with van der Waals surface area (Å²) < 4.78 is 52.6. The van der Waals surface area contributed by atoms with E-state index in [-0.39, 0.29) is 35.3 Å². The molecule has 0 amide bonds. The number of nitrogens with zero attached hydrogens (tertiary/aromatic N) is 5. The fourth-order valence-electron chi connectivity index (χ4n) is 8.07. The van der Waals surface area contributed by atoms with Crippen LogP contribution in [0.5, 0.6) is 6.01 Å². The van der Waals surface area contributed by atoms with Crippen molar-refractivity contribution in [3.05, 3.63) is 65.9 Å². The van der Waals surface area contributed by atoms with Gasteiger partial charge in [-0.1, -0.05) is 49.3 Å². The number of piperazine rings is 1. The molecule has 10 heteroatoms. The topological polar surface area (TPSA) is 66.4 Å². The van der Waals surface area contributed by atoms with Crippen molar-refractivity contribution in [1.82, 2.24) is 25.2 Å². The fourth-order valence-corrected chi connectivity index (χ4v) is 8.07. The van der Waals surface area contributed by atoms with Gasteiger partial charge in [-0.15, -0.1) is 6.42 Å². The van der Waals surface area contributed by atoms with Crippen molar-refractivity contribution < 1.29 is 17.9 Å². The Kier molecular flexibility index (Phi) is 6.55. The summed E-state index contributed by atoms with van der Waals surface area (Å²) >= 11 is 0. The molecule has 2 aromatic carbocycles. The highest BCUT2D eigenvalue weighted by atomic mass is 19.1. The van der Waals surface area contributed by atoms with E-state index in [2.05, 4.69) is 44.5 Å². The van der Waals surface area contributed by atoms with Crippen molar-refractivity contribution >= 4 is 27.5 Å². The van der Waals surface area contributed by atoms with E-state index in [1.54, 1.807) is 30.5 Å². The van der Waals surface area contributed by atoms with E-state index >= 15 is 4.39 Å². The van der Waals surface area contributed by atoms with Crippen molar-refractivity contribution in [1.29, 1.82) is 0 Å². The zero-order chi connectivity index (χ0) is 31.0. The minimum Gasteiger partial charge on any atom is -0.461 e. The van der Waals surface area contributed by atoms with Crippen LogP contribution in [0.3, 0.4) is 0 Å². The second kappa shape index (κ2) is 10.4. The first-order chi connectivity index (χ1) is 21.8. The number of nitrogens with one attached hydrogen (secondary N) is 1. The molecule has 6 heterocycles. The number of hydrogen-bond acceptors (Lipinski definition) is 7. The van der Waals surface area contributed by atoms with Gasteiger partial charge in [0.15, 0.2) is 5.82 Å². The van der Waals surface area contributed by atoms with Gasteiger partial charge in [0.2, 0.25) is 0 Å². The van der Waals surface area contributed by atoms with Crippen LogP contribution in [-0.4, -0.2) is 76.4 Å². The first-order valence-corrected chi connectivity index (χ1v) is 15.5. The molecule has 4 fully saturated rings. The molecule has 45 heavy (non-hydrogen) atoms. The molecule has 4 aliphatic heterocycles. The molecule has 4 aliphatic rings.